The van der Waals surface area contributed by atoms with E-state index in [1.54, 1.807) is 7.05 Å². The first-order valence-electron chi connectivity index (χ1n) is 14.0. The highest BCUT2D eigenvalue weighted by molar-refractivity contribution is 6.10. The molecule has 1 unspecified atom stereocenters. The Hall–Kier alpha value is -2.77. The van der Waals surface area contributed by atoms with Crippen LogP contribution in [0.3, 0.4) is 0 Å². The molecule has 0 spiro atoms. The van der Waals surface area contributed by atoms with Crippen molar-refractivity contribution in [3.63, 3.8) is 0 Å². The smallest absolute Gasteiger partial charge is 0.258 e. The van der Waals surface area contributed by atoms with Gasteiger partial charge in [0.2, 0.25) is 0 Å². The number of rotatable bonds is 9. The van der Waals surface area contributed by atoms with E-state index in [1.165, 1.54) is 35.3 Å². The summed E-state index contributed by atoms with van der Waals surface area (Å²) in [6, 6.07) is 12.7. The Kier molecular flexibility index (Phi) is 11.1. The zero-order chi connectivity index (χ0) is 27.2. The van der Waals surface area contributed by atoms with Crippen molar-refractivity contribution in [2.45, 2.75) is 90.5 Å². The van der Waals surface area contributed by atoms with Crippen LogP contribution in [0.4, 0.5) is 10.1 Å². The predicted molar refractivity (Wildman–Crippen MR) is 160 cm³/mol. The predicted octanol–water partition coefficient (Wildman–Crippen LogP) is 6.68. The van der Waals surface area contributed by atoms with E-state index in [-0.39, 0.29) is 18.3 Å². The topological polar surface area (TPSA) is 83.3 Å². The Balaban J connectivity index is 0.000000630. The average Bonchev–Trinajstić information content (AvgIpc) is 3.21. The normalized spacial score (nSPS) is 17.1. The summed E-state index contributed by atoms with van der Waals surface area (Å²) in [5.74, 6) is 1.19. The van der Waals surface area contributed by atoms with Crippen molar-refractivity contribution in [1.82, 2.24) is 10.2 Å². The molecule has 3 N–H and O–H groups in total. The maximum Gasteiger partial charge on any atom is 0.258 e. The number of hydrogen-bond donors (Lipinski definition) is 3. The van der Waals surface area contributed by atoms with Crippen molar-refractivity contribution >= 4 is 36.2 Å². The van der Waals surface area contributed by atoms with Gasteiger partial charge in [0.05, 0.1) is 12.9 Å². The maximum atomic E-state index is 13.4. The van der Waals surface area contributed by atoms with Gasteiger partial charge in [0, 0.05) is 37.3 Å². The van der Waals surface area contributed by atoms with Crippen molar-refractivity contribution in [2.75, 3.05) is 11.9 Å². The summed E-state index contributed by atoms with van der Waals surface area (Å²) >= 11 is 0. The zero-order valence-electron chi connectivity index (χ0n) is 23.4. The molecule has 1 heterocycles. The quantitative estimate of drug-likeness (QED) is 0.238. The Morgan fingerprint density at radius 1 is 1.18 bits per heavy atom. The fraction of sp³-hybridized carbons (Fsp3) is 0.516. The number of carbonyl (C=O) groups excluding carboxylic acids is 1. The van der Waals surface area contributed by atoms with Crippen molar-refractivity contribution in [2.24, 2.45) is 5.92 Å². The number of anilines is 1. The molecule has 2 fully saturated rings. The van der Waals surface area contributed by atoms with Crippen LogP contribution in [0.2, 0.25) is 0 Å². The summed E-state index contributed by atoms with van der Waals surface area (Å²) in [7, 11) is 1.70. The number of likely N-dealkylation sites (N-methyl/N-ethyl adjacent to an activating group) is 1. The molecule has 212 valence electrons. The number of carbonyl (C=O) groups is 1. The lowest BCUT2D eigenvalue weighted by atomic mass is 9.80. The van der Waals surface area contributed by atoms with Crippen LogP contribution >= 0.6 is 12.4 Å². The average molecular weight is 556 g/mol. The molecule has 5 rings (SSSR count). The molecule has 0 saturated heterocycles. The van der Waals surface area contributed by atoms with E-state index in [1.807, 2.05) is 29.2 Å². The Labute approximate surface area is 238 Å². The Bertz CT molecular complexity index is 1160. The number of halogens is 2. The molecular weight excluding hydrogens is 513 g/mol. The number of nitrogens with zero attached hydrogens (tertiary/aromatic N) is 2. The Morgan fingerprint density at radius 3 is 2.44 bits per heavy atom. The summed E-state index contributed by atoms with van der Waals surface area (Å²) in [6.07, 6.45) is 8.77. The van der Waals surface area contributed by atoms with Gasteiger partial charge in [0.25, 0.3) is 5.91 Å². The minimum absolute atomic E-state index is 0. The monoisotopic (exact) mass is 555 g/mol. The van der Waals surface area contributed by atoms with Crippen LogP contribution in [0.1, 0.15) is 85.0 Å². The van der Waals surface area contributed by atoms with Gasteiger partial charge in [-0.05, 0) is 91.8 Å². The third kappa shape index (κ3) is 7.46. The first-order chi connectivity index (χ1) is 18.3. The van der Waals surface area contributed by atoms with Crippen molar-refractivity contribution in [3.8, 4) is 0 Å². The SMILES string of the molecule is CCc1cc(CNC(C)C2CCC2)cc2c1CN(c1cccc(CC(=N)N(C)C=N)c1)C2=O.Cl.FC1CCC1. The fourth-order valence-electron chi connectivity index (χ4n) is 5.15. The van der Waals surface area contributed by atoms with E-state index in [4.69, 9.17) is 10.8 Å². The lowest BCUT2D eigenvalue weighted by molar-refractivity contribution is 0.0996. The van der Waals surface area contributed by atoms with E-state index in [0.29, 0.717) is 24.8 Å². The second-order valence-electron chi connectivity index (χ2n) is 10.9. The number of nitrogens with one attached hydrogen (secondary N) is 3. The lowest BCUT2D eigenvalue weighted by Crippen LogP contribution is -2.36. The summed E-state index contributed by atoms with van der Waals surface area (Å²) in [4.78, 5) is 16.8. The Morgan fingerprint density at radius 2 is 1.87 bits per heavy atom. The second-order valence-corrected chi connectivity index (χ2v) is 10.9. The van der Waals surface area contributed by atoms with Gasteiger partial charge in [0.15, 0.2) is 0 Å². The molecule has 0 bridgehead atoms. The highest BCUT2D eigenvalue weighted by atomic mass is 35.5. The number of amides is 1. The summed E-state index contributed by atoms with van der Waals surface area (Å²) < 4.78 is 11.5. The van der Waals surface area contributed by atoms with Gasteiger partial charge >= 0.3 is 0 Å². The number of fused-ring (bicyclic) bond motifs is 1. The summed E-state index contributed by atoms with van der Waals surface area (Å²) in [5, 5.41) is 19.1. The molecule has 6 nitrogen and oxygen atoms in total. The van der Waals surface area contributed by atoms with E-state index in [2.05, 4.69) is 31.3 Å². The van der Waals surface area contributed by atoms with Crippen LogP contribution < -0.4 is 10.2 Å². The molecule has 2 aromatic rings. The molecule has 1 aliphatic heterocycles. The van der Waals surface area contributed by atoms with Gasteiger partial charge < -0.3 is 15.1 Å². The largest absolute Gasteiger partial charge is 0.325 e. The molecule has 0 radical (unpaired) electrons. The molecule has 2 saturated carbocycles. The van der Waals surface area contributed by atoms with E-state index >= 15 is 0 Å². The molecule has 8 heteroatoms. The molecule has 1 atom stereocenters. The highest BCUT2D eigenvalue weighted by Crippen LogP contribution is 2.33. The van der Waals surface area contributed by atoms with Gasteiger partial charge in [-0.2, -0.15) is 0 Å². The highest BCUT2D eigenvalue weighted by Gasteiger charge is 2.31. The molecule has 39 heavy (non-hydrogen) atoms. The van der Waals surface area contributed by atoms with E-state index < -0.39 is 6.17 Å². The molecule has 2 aromatic carbocycles. The van der Waals surface area contributed by atoms with Crippen molar-refractivity contribution in [3.05, 3.63) is 64.2 Å². The van der Waals surface area contributed by atoms with Gasteiger partial charge in [-0.1, -0.05) is 31.5 Å². The van der Waals surface area contributed by atoms with Crippen LogP contribution in [0.15, 0.2) is 36.4 Å². The first-order valence-corrected chi connectivity index (χ1v) is 14.0. The number of amidine groups is 1. The van der Waals surface area contributed by atoms with Gasteiger partial charge in [0.1, 0.15) is 12.0 Å². The van der Waals surface area contributed by atoms with Crippen molar-refractivity contribution in [1.29, 1.82) is 10.8 Å². The molecule has 1 amide bonds. The zero-order valence-corrected chi connectivity index (χ0v) is 24.2. The maximum absolute atomic E-state index is 13.4. The number of aryl methyl sites for hydroxylation is 1. The first kappa shape index (κ1) is 30.8. The summed E-state index contributed by atoms with van der Waals surface area (Å²) in [6.45, 7) is 5.81. The van der Waals surface area contributed by atoms with Crippen LogP contribution in [0.25, 0.3) is 0 Å². The van der Waals surface area contributed by atoms with Gasteiger partial charge in [-0.3, -0.25) is 15.6 Å². The number of benzene rings is 2. The third-order valence-corrected chi connectivity index (χ3v) is 8.31. The second kappa shape index (κ2) is 14.0. The molecule has 3 aliphatic rings. The van der Waals surface area contributed by atoms with Crippen LogP contribution in [0, 0.1) is 16.7 Å². The van der Waals surface area contributed by atoms with Crippen LogP contribution in [-0.4, -0.2) is 42.2 Å². The van der Waals surface area contributed by atoms with Crippen LogP contribution in [-0.2, 0) is 25.9 Å². The molecule has 0 aromatic heterocycles. The minimum atomic E-state index is -0.435. The number of alkyl halides is 1. The third-order valence-electron chi connectivity index (χ3n) is 8.31. The molecule has 2 aliphatic carbocycles. The lowest BCUT2D eigenvalue weighted by Gasteiger charge is -2.32. The van der Waals surface area contributed by atoms with E-state index in [0.717, 1.165) is 66.9 Å². The van der Waals surface area contributed by atoms with Crippen molar-refractivity contribution < 1.29 is 9.18 Å². The summed E-state index contributed by atoms with van der Waals surface area (Å²) in [5.41, 5.74) is 6.22. The minimum Gasteiger partial charge on any atom is -0.325 e. The number of hydrogen-bond acceptors (Lipinski definition) is 4. The fourth-order valence-corrected chi connectivity index (χ4v) is 5.15. The molecular formula is C31H43ClFN5O. The van der Waals surface area contributed by atoms with Crippen LogP contribution in [0.5, 0.6) is 0 Å². The standard InChI is InChI=1S/C27H35N5O.C4H7F.ClH/c1-4-21-11-20(15-30-18(2)22-8-6-9-22)13-24-25(21)16-32(27(24)33)23-10-5-7-19(12-23)14-26(29)31(3)17-28;5-4-2-1-3-4;/h5,7,10-13,17-18,22,28-30H,4,6,8-9,14-16H2,1-3H3;4H,1-3H2;1H. The van der Waals surface area contributed by atoms with E-state index in [9.17, 15) is 9.18 Å². The van der Waals surface area contributed by atoms with Gasteiger partial charge in [-0.25, -0.2) is 4.39 Å². The van der Waals surface area contributed by atoms with Gasteiger partial charge in [-0.15, -0.1) is 12.4 Å².